The third kappa shape index (κ3) is 4.36. The first-order valence-electron chi connectivity index (χ1n) is 11.5. The van der Waals surface area contributed by atoms with Gasteiger partial charge < -0.3 is 9.15 Å². The molecule has 36 heavy (non-hydrogen) atoms. The highest BCUT2D eigenvalue weighted by atomic mass is 35.5. The van der Waals surface area contributed by atoms with Gasteiger partial charge in [-0.3, -0.25) is 9.36 Å². The molecule has 1 aliphatic heterocycles. The van der Waals surface area contributed by atoms with Crippen molar-refractivity contribution < 1.29 is 13.9 Å². The molecule has 2 aromatic heterocycles. The van der Waals surface area contributed by atoms with E-state index >= 15 is 0 Å². The van der Waals surface area contributed by atoms with E-state index in [2.05, 4.69) is 4.99 Å². The number of hydrogen-bond acceptors (Lipinski definition) is 6. The second kappa shape index (κ2) is 9.76. The van der Waals surface area contributed by atoms with E-state index in [0.717, 1.165) is 16.7 Å². The fraction of sp³-hybridized carbons (Fsp3) is 0.179. The van der Waals surface area contributed by atoms with Gasteiger partial charge in [0.05, 0.1) is 28.5 Å². The van der Waals surface area contributed by atoms with Crippen molar-refractivity contribution >= 4 is 35.0 Å². The van der Waals surface area contributed by atoms with Gasteiger partial charge in [0.1, 0.15) is 11.5 Å². The summed E-state index contributed by atoms with van der Waals surface area (Å²) in [4.78, 5) is 31.7. The van der Waals surface area contributed by atoms with Crippen LogP contribution in [0.5, 0.6) is 0 Å². The number of fused-ring (bicyclic) bond motifs is 1. The first-order chi connectivity index (χ1) is 17.4. The lowest BCUT2D eigenvalue weighted by Crippen LogP contribution is -2.39. The van der Waals surface area contributed by atoms with Crippen LogP contribution in [0.25, 0.3) is 17.4 Å². The van der Waals surface area contributed by atoms with Crippen molar-refractivity contribution in [2.75, 3.05) is 6.61 Å². The van der Waals surface area contributed by atoms with Crippen molar-refractivity contribution in [3.8, 4) is 11.3 Å². The Morgan fingerprint density at radius 2 is 1.94 bits per heavy atom. The number of thiazole rings is 1. The van der Waals surface area contributed by atoms with Gasteiger partial charge in [-0.25, -0.2) is 9.79 Å². The van der Waals surface area contributed by atoms with E-state index in [1.807, 2.05) is 67.6 Å². The van der Waals surface area contributed by atoms with Crippen LogP contribution >= 0.6 is 22.9 Å². The van der Waals surface area contributed by atoms with Crippen LogP contribution in [-0.2, 0) is 9.53 Å². The van der Waals surface area contributed by atoms with Gasteiger partial charge in [-0.2, -0.15) is 0 Å². The molecule has 5 rings (SSSR count). The van der Waals surface area contributed by atoms with Gasteiger partial charge in [-0.05, 0) is 56.2 Å². The molecule has 0 bridgehead atoms. The van der Waals surface area contributed by atoms with Crippen molar-refractivity contribution in [2.24, 2.45) is 4.99 Å². The molecule has 0 aliphatic carbocycles. The number of nitrogens with zero attached hydrogens (tertiary/aromatic N) is 2. The van der Waals surface area contributed by atoms with Gasteiger partial charge in [0.15, 0.2) is 4.80 Å². The number of rotatable bonds is 5. The van der Waals surface area contributed by atoms with Crippen LogP contribution in [0.1, 0.15) is 36.8 Å². The molecule has 8 heteroatoms. The van der Waals surface area contributed by atoms with Crippen LogP contribution < -0.4 is 14.9 Å². The van der Waals surface area contributed by atoms with Crippen molar-refractivity contribution in [1.29, 1.82) is 0 Å². The number of aromatic nitrogens is 1. The lowest BCUT2D eigenvalue weighted by Gasteiger charge is -2.24. The smallest absolute Gasteiger partial charge is 0.338 e. The van der Waals surface area contributed by atoms with Gasteiger partial charge in [0, 0.05) is 16.7 Å². The Morgan fingerprint density at radius 3 is 2.69 bits per heavy atom. The number of halogens is 1. The molecule has 4 aromatic rings. The zero-order valence-corrected chi connectivity index (χ0v) is 21.5. The summed E-state index contributed by atoms with van der Waals surface area (Å²) in [6.07, 6.45) is 1.71. The largest absolute Gasteiger partial charge is 0.463 e. The van der Waals surface area contributed by atoms with Crippen molar-refractivity contribution in [3.05, 3.63) is 114 Å². The zero-order valence-electron chi connectivity index (χ0n) is 19.9. The van der Waals surface area contributed by atoms with Gasteiger partial charge in [0.2, 0.25) is 0 Å². The second-order valence-electron chi connectivity index (χ2n) is 8.37. The molecule has 182 valence electrons. The highest BCUT2D eigenvalue weighted by Gasteiger charge is 2.33. The summed E-state index contributed by atoms with van der Waals surface area (Å²) in [6.45, 7) is 5.74. The summed E-state index contributed by atoms with van der Waals surface area (Å²) >= 11 is 7.43. The minimum Gasteiger partial charge on any atom is -0.463 e. The van der Waals surface area contributed by atoms with E-state index < -0.39 is 12.0 Å². The molecule has 0 unspecified atom stereocenters. The molecule has 0 saturated heterocycles. The Morgan fingerprint density at radius 1 is 1.17 bits per heavy atom. The van der Waals surface area contributed by atoms with Crippen LogP contribution in [0, 0.1) is 6.92 Å². The summed E-state index contributed by atoms with van der Waals surface area (Å²) < 4.78 is 13.4. The number of allylic oxidation sites excluding steroid dienone is 1. The van der Waals surface area contributed by atoms with E-state index in [1.165, 1.54) is 11.3 Å². The van der Waals surface area contributed by atoms with E-state index in [-0.39, 0.29) is 12.2 Å². The molecule has 0 N–H and O–H groups in total. The summed E-state index contributed by atoms with van der Waals surface area (Å²) in [5.74, 6) is 0.721. The topological polar surface area (TPSA) is 73.8 Å². The standard InChI is InChI=1S/C28H23ClN2O4S/c1-4-34-27(33)24-17(3)30-28-31(25(24)18-8-6-5-7-9-18)26(32)23(36-28)15-20-12-13-22(35-20)21-14-19(29)11-10-16(21)2/h5-15,25H,4H2,1-3H3/b23-15+/t25-/m0/s1. The molecule has 6 nitrogen and oxygen atoms in total. The average molecular weight is 519 g/mol. The molecule has 0 fully saturated rings. The van der Waals surface area contributed by atoms with Crippen molar-refractivity contribution in [1.82, 2.24) is 4.57 Å². The lowest BCUT2D eigenvalue weighted by atomic mass is 9.96. The van der Waals surface area contributed by atoms with Crippen LogP contribution in [-0.4, -0.2) is 17.1 Å². The zero-order chi connectivity index (χ0) is 25.4. The van der Waals surface area contributed by atoms with Gasteiger partial charge in [-0.1, -0.05) is 59.3 Å². The average Bonchev–Trinajstić information content (AvgIpc) is 3.45. The quantitative estimate of drug-likeness (QED) is 0.348. The summed E-state index contributed by atoms with van der Waals surface area (Å²) in [5.41, 5.74) is 3.37. The maximum absolute atomic E-state index is 13.7. The molecule has 0 spiro atoms. The number of furan rings is 1. The van der Waals surface area contributed by atoms with E-state index in [4.69, 9.17) is 20.8 Å². The molecular weight excluding hydrogens is 496 g/mol. The highest BCUT2D eigenvalue weighted by molar-refractivity contribution is 7.07. The SMILES string of the molecule is CCOC(=O)C1=C(C)N=c2s/c(=C/c3ccc(-c4cc(Cl)ccc4C)o3)c(=O)n2[C@H]1c1ccccc1. The number of ether oxygens (including phenoxy) is 1. The van der Waals surface area contributed by atoms with E-state index in [0.29, 0.717) is 37.1 Å². The number of carbonyl (C=O) groups is 1. The first kappa shape index (κ1) is 24.0. The third-order valence-electron chi connectivity index (χ3n) is 6.00. The Hall–Kier alpha value is -3.68. The maximum Gasteiger partial charge on any atom is 0.338 e. The number of aryl methyl sites for hydroxylation is 1. The maximum atomic E-state index is 13.7. The molecule has 0 radical (unpaired) electrons. The Balaban J connectivity index is 1.64. The molecule has 1 atom stereocenters. The Kier molecular flexibility index (Phi) is 6.51. The lowest BCUT2D eigenvalue weighted by molar-refractivity contribution is -0.139. The predicted molar refractivity (Wildman–Crippen MR) is 141 cm³/mol. The minimum absolute atomic E-state index is 0.231. The van der Waals surface area contributed by atoms with Crippen LogP contribution in [0.3, 0.4) is 0 Å². The van der Waals surface area contributed by atoms with Crippen molar-refractivity contribution in [2.45, 2.75) is 26.8 Å². The fourth-order valence-corrected chi connectivity index (χ4v) is 5.51. The van der Waals surface area contributed by atoms with E-state index in [9.17, 15) is 9.59 Å². The highest BCUT2D eigenvalue weighted by Crippen LogP contribution is 2.31. The molecule has 1 aliphatic rings. The number of esters is 1. The van der Waals surface area contributed by atoms with Crippen LogP contribution in [0.15, 0.2) is 86.1 Å². The first-order valence-corrected chi connectivity index (χ1v) is 12.7. The molecule has 3 heterocycles. The second-order valence-corrected chi connectivity index (χ2v) is 9.82. The third-order valence-corrected chi connectivity index (χ3v) is 7.22. The monoisotopic (exact) mass is 518 g/mol. The van der Waals surface area contributed by atoms with Gasteiger partial charge >= 0.3 is 5.97 Å². The normalized spacial score (nSPS) is 15.6. The number of benzene rings is 2. The summed E-state index contributed by atoms with van der Waals surface area (Å²) in [5, 5.41) is 0.621. The van der Waals surface area contributed by atoms with Gasteiger partial charge in [-0.15, -0.1) is 0 Å². The summed E-state index contributed by atoms with van der Waals surface area (Å²) in [6, 6.07) is 18.1. The Labute approximate surface area is 216 Å². The van der Waals surface area contributed by atoms with Crippen LogP contribution in [0.2, 0.25) is 5.02 Å². The fourth-order valence-electron chi connectivity index (χ4n) is 4.31. The van der Waals surface area contributed by atoms with Gasteiger partial charge in [0.25, 0.3) is 5.56 Å². The number of carbonyl (C=O) groups excluding carboxylic acids is 1. The van der Waals surface area contributed by atoms with Crippen molar-refractivity contribution in [3.63, 3.8) is 0 Å². The van der Waals surface area contributed by atoms with Crippen LogP contribution in [0.4, 0.5) is 0 Å². The molecule has 0 saturated carbocycles. The molecule has 0 amide bonds. The Bertz CT molecular complexity index is 1680. The summed E-state index contributed by atoms with van der Waals surface area (Å²) in [7, 11) is 0. The van der Waals surface area contributed by atoms with E-state index in [1.54, 1.807) is 24.5 Å². The number of hydrogen-bond donors (Lipinski definition) is 0. The predicted octanol–water partition coefficient (Wildman–Crippen LogP) is 5.02. The molecule has 2 aromatic carbocycles. The minimum atomic E-state index is -0.634. The molecular formula is C28H23ClN2O4S.